The second-order valence-electron chi connectivity index (χ2n) is 6.38. The molecule has 3 aromatic rings. The van der Waals surface area contributed by atoms with E-state index in [0.717, 1.165) is 9.08 Å². The quantitative estimate of drug-likeness (QED) is 0.562. The van der Waals surface area contributed by atoms with Crippen molar-refractivity contribution < 1.29 is 9.59 Å². The summed E-state index contributed by atoms with van der Waals surface area (Å²) in [5.41, 5.74) is 6.79. The van der Waals surface area contributed by atoms with E-state index < -0.39 is 11.6 Å². The van der Waals surface area contributed by atoms with Gasteiger partial charge in [-0.1, -0.05) is 17.3 Å². The lowest BCUT2D eigenvalue weighted by atomic mass is 10.1. The van der Waals surface area contributed by atoms with Gasteiger partial charge in [-0.2, -0.15) is 4.68 Å². The minimum atomic E-state index is -0.552. The van der Waals surface area contributed by atoms with E-state index in [-0.39, 0.29) is 41.8 Å². The number of nitrogens with one attached hydrogen (secondary N) is 1. The summed E-state index contributed by atoms with van der Waals surface area (Å²) in [7, 11) is 0. The molecule has 1 aliphatic heterocycles. The van der Waals surface area contributed by atoms with Crippen LogP contribution in [0.25, 0.3) is 11.3 Å². The van der Waals surface area contributed by atoms with E-state index in [2.05, 4.69) is 25.6 Å². The largest absolute Gasteiger partial charge is 0.387 e. The van der Waals surface area contributed by atoms with Crippen molar-refractivity contribution >= 4 is 46.2 Å². The monoisotopic (exact) mass is 426 g/mol. The fourth-order valence-electron chi connectivity index (χ4n) is 2.89. The smallest absolute Gasteiger partial charge is 0.353 e. The zero-order chi connectivity index (χ0) is 21.3. The number of nitrogens with zero attached hydrogens (tertiary/aromatic N) is 6. The van der Waals surface area contributed by atoms with E-state index in [4.69, 9.17) is 17.3 Å². The van der Waals surface area contributed by atoms with Crippen molar-refractivity contribution in [2.45, 2.75) is 13.0 Å². The van der Waals surface area contributed by atoms with Crippen molar-refractivity contribution in [1.29, 1.82) is 0 Å². The van der Waals surface area contributed by atoms with Gasteiger partial charge < -0.3 is 11.1 Å². The van der Waals surface area contributed by atoms with E-state index in [1.54, 1.807) is 24.3 Å². The number of amides is 1. The molecule has 0 bridgehead atoms. The molecule has 0 saturated heterocycles. The molecule has 1 aromatic carbocycles. The van der Waals surface area contributed by atoms with Crippen molar-refractivity contribution in [3.05, 3.63) is 58.4 Å². The molecule has 0 radical (unpaired) electrons. The molecule has 0 saturated carbocycles. The van der Waals surface area contributed by atoms with Gasteiger partial charge in [0.05, 0.1) is 18.7 Å². The first kappa shape index (κ1) is 19.5. The number of rotatable bonds is 5. The summed E-state index contributed by atoms with van der Waals surface area (Å²) in [6.07, 6.45) is 2.75. The summed E-state index contributed by atoms with van der Waals surface area (Å²) < 4.78 is 2.22. The number of fused-ring (bicyclic) bond motifs is 1. The van der Waals surface area contributed by atoms with Gasteiger partial charge in [0.15, 0.2) is 17.1 Å². The Hall–Kier alpha value is -3.86. The Bertz CT molecular complexity index is 1270. The number of anilines is 1. The minimum absolute atomic E-state index is 0.0376. The molecular weight excluding hydrogens is 412 g/mol. The highest BCUT2D eigenvalue weighted by molar-refractivity contribution is 6.17. The topological polar surface area (TPSA) is 150 Å². The van der Waals surface area contributed by atoms with Crippen LogP contribution in [0.4, 0.5) is 5.69 Å². The number of carbonyl (C=O) groups is 2. The highest BCUT2D eigenvalue weighted by Gasteiger charge is 2.18. The van der Waals surface area contributed by atoms with Crippen molar-refractivity contribution in [1.82, 2.24) is 24.4 Å². The van der Waals surface area contributed by atoms with Crippen molar-refractivity contribution in [3.8, 4) is 0 Å². The standard InChI is InChI=1S/C18H15ClN8O3/c19-5-6-27-18(30)26-9-21-15(16(26)24-25-27)17(29)22-11-3-1-10(2-4-11)13-7-12(28)8-14(20)23-13/h1-4,7,9H,5-6,8H2,(H2,20,23)(H,22,29). The van der Waals surface area contributed by atoms with Gasteiger partial charge in [0.2, 0.25) is 0 Å². The molecule has 3 heterocycles. The normalized spacial score (nSPS) is 13.8. The van der Waals surface area contributed by atoms with Crippen LogP contribution in [0.15, 0.2) is 46.5 Å². The molecule has 1 amide bonds. The van der Waals surface area contributed by atoms with E-state index >= 15 is 0 Å². The molecule has 11 nitrogen and oxygen atoms in total. The molecule has 0 atom stereocenters. The number of imidazole rings is 1. The van der Waals surface area contributed by atoms with Crippen LogP contribution in [0.2, 0.25) is 0 Å². The predicted molar refractivity (Wildman–Crippen MR) is 109 cm³/mol. The Balaban J connectivity index is 1.55. The number of ketones is 1. The molecule has 152 valence electrons. The second-order valence-corrected chi connectivity index (χ2v) is 6.76. The van der Waals surface area contributed by atoms with Crippen molar-refractivity contribution in [2.24, 2.45) is 10.7 Å². The van der Waals surface area contributed by atoms with Crippen LogP contribution in [0.1, 0.15) is 22.5 Å². The van der Waals surface area contributed by atoms with Crippen LogP contribution in [0.5, 0.6) is 0 Å². The average molecular weight is 427 g/mol. The van der Waals surface area contributed by atoms with Gasteiger partial charge in [0.1, 0.15) is 12.2 Å². The number of amidine groups is 1. The summed E-state index contributed by atoms with van der Waals surface area (Å²) >= 11 is 5.63. The lowest BCUT2D eigenvalue weighted by molar-refractivity contribution is -0.113. The van der Waals surface area contributed by atoms with E-state index in [1.807, 2.05) is 0 Å². The zero-order valence-electron chi connectivity index (χ0n) is 15.4. The fourth-order valence-corrected chi connectivity index (χ4v) is 3.05. The van der Waals surface area contributed by atoms with Gasteiger partial charge >= 0.3 is 5.69 Å². The Morgan fingerprint density at radius 1 is 1.23 bits per heavy atom. The molecule has 0 spiro atoms. The number of alkyl halides is 1. The maximum atomic E-state index is 12.6. The van der Waals surface area contributed by atoms with Gasteiger partial charge in [0.25, 0.3) is 5.91 Å². The summed E-state index contributed by atoms with van der Waals surface area (Å²) in [6, 6.07) is 6.70. The summed E-state index contributed by atoms with van der Waals surface area (Å²) in [4.78, 5) is 44.7. The van der Waals surface area contributed by atoms with Crippen LogP contribution in [0.3, 0.4) is 0 Å². The van der Waals surface area contributed by atoms with E-state index in [9.17, 15) is 14.4 Å². The lowest BCUT2D eigenvalue weighted by Crippen LogP contribution is -2.30. The number of hydrogen-bond acceptors (Lipinski definition) is 8. The number of aromatic nitrogens is 5. The molecule has 2 aromatic heterocycles. The van der Waals surface area contributed by atoms with Gasteiger partial charge in [-0.3, -0.25) is 9.59 Å². The molecule has 30 heavy (non-hydrogen) atoms. The maximum Gasteiger partial charge on any atom is 0.353 e. The zero-order valence-corrected chi connectivity index (χ0v) is 16.2. The van der Waals surface area contributed by atoms with Crippen molar-refractivity contribution in [2.75, 3.05) is 11.2 Å². The fraction of sp³-hybridized carbons (Fsp3) is 0.167. The minimum Gasteiger partial charge on any atom is -0.387 e. The molecule has 1 aliphatic rings. The number of aliphatic imine (C=N–C) groups is 1. The molecule has 3 N–H and O–H groups in total. The van der Waals surface area contributed by atoms with Crippen LogP contribution in [0, 0.1) is 0 Å². The Labute approximate surface area is 173 Å². The van der Waals surface area contributed by atoms with Crippen LogP contribution >= 0.6 is 11.6 Å². The number of nitrogens with two attached hydrogens (primary N) is 1. The number of carbonyl (C=O) groups excluding carboxylic acids is 2. The molecular formula is C18H15ClN8O3. The first-order chi connectivity index (χ1) is 14.5. The first-order valence-electron chi connectivity index (χ1n) is 8.82. The van der Waals surface area contributed by atoms with Crippen LogP contribution < -0.4 is 16.7 Å². The van der Waals surface area contributed by atoms with Gasteiger partial charge in [-0.25, -0.2) is 19.2 Å². The molecule has 4 rings (SSSR count). The number of aryl methyl sites for hydroxylation is 1. The van der Waals surface area contributed by atoms with Gasteiger partial charge in [0, 0.05) is 23.2 Å². The average Bonchev–Trinajstić information content (AvgIpc) is 3.15. The molecule has 0 fully saturated rings. The van der Waals surface area contributed by atoms with Gasteiger partial charge in [-0.15, -0.1) is 16.7 Å². The summed E-state index contributed by atoms with van der Waals surface area (Å²) in [5.74, 6) is -0.218. The van der Waals surface area contributed by atoms with E-state index in [0.29, 0.717) is 16.9 Å². The summed E-state index contributed by atoms with van der Waals surface area (Å²) in [6.45, 7) is 0.188. The number of benzene rings is 1. The van der Waals surface area contributed by atoms with Crippen LogP contribution in [-0.4, -0.2) is 47.8 Å². The second kappa shape index (κ2) is 7.87. The molecule has 0 unspecified atom stereocenters. The SMILES string of the molecule is NC1=NC(c2ccc(NC(=O)c3ncn4c(=O)n(CCCl)nnc34)cc2)=CC(=O)C1. The van der Waals surface area contributed by atoms with Gasteiger partial charge in [-0.05, 0) is 12.1 Å². The highest BCUT2D eigenvalue weighted by atomic mass is 35.5. The predicted octanol–water partition coefficient (Wildman–Crippen LogP) is 0.448. The third kappa shape index (κ3) is 3.70. The maximum absolute atomic E-state index is 12.6. The Kier molecular flexibility index (Phi) is 5.11. The number of halogens is 1. The highest BCUT2D eigenvalue weighted by Crippen LogP contribution is 2.22. The van der Waals surface area contributed by atoms with Crippen LogP contribution in [-0.2, 0) is 11.3 Å². The first-order valence-corrected chi connectivity index (χ1v) is 9.36. The van der Waals surface area contributed by atoms with Crippen molar-refractivity contribution in [3.63, 3.8) is 0 Å². The third-order valence-corrected chi connectivity index (χ3v) is 4.45. The number of allylic oxidation sites excluding steroid dienone is 1. The van der Waals surface area contributed by atoms with E-state index in [1.165, 1.54) is 12.4 Å². The molecule has 12 heteroatoms. The Morgan fingerprint density at radius 3 is 2.70 bits per heavy atom. The number of hydrogen-bond donors (Lipinski definition) is 2. The lowest BCUT2D eigenvalue weighted by Gasteiger charge is -2.10. The third-order valence-electron chi connectivity index (χ3n) is 4.28. The summed E-state index contributed by atoms with van der Waals surface area (Å²) in [5, 5.41) is 10.4. The molecule has 0 aliphatic carbocycles. The Morgan fingerprint density at radius 2 is 2.00 bits per heavy atom.